The molecule has 5 rings (SSSR count). The van der Waals surface area contributed by atoms with Crippen molar-refractivity contribution in [3.05, 3.63) is 66.1 Å². The quantitative estimate of drug-likeness (QED) is 0.480. The van der Waals surface area contributed by atoms with Crippen molar-refractivity contribution in [1.82, 2.24) is 39.1 Å². The molecule has 0 unspecified atom stereocenters. The summed E-state index contributed by atoms with van der Waals surface area (Å²) in [5, 5.41) is 14.8. The average molecular weight is 379 g/mol. The molecule has 0 fully saturated rings. The number of rotatable bonds is 4. The number of halogens is 1. The van der Waals surface area contributed by atoms with Crippen molar-refractivity contribution in [2.75, 3.05) is 0 Å². The van der Waals surface area contributed by atoms with Gasteiger partial charge in [0, 0.05) is 12.1 Å². The van der Waals surface area contributed by atoms with Crippen LogP contribution < -0.4 is 0 Å². The first-order valence-corrected chi connectivity index (χ1v) is 8.89. The largest absolute Gasteiger partial charge is 0.270 e. The summed E-state index contributed by atoms with van der Waals surface area (Å²) in [6.07, 6.45) is 6.86. The van der Waals surface area contributed by atoms with Gasteiger partial charge in [0.05, 0.1) is 35.0 Å². The molecule has 4 aromatic heterocycles. The number of hydrogen-bond donors (Lipinski definition) is 0. The summed E-state index contributed by atoms with van der Waals surface area (Å²) < 4.78 is 5.29. The highest BCUT2D eigenvalue weighted by molar-refractivity contribution is 6.30. The van der Waals surface area contributed by atoms with Gasteiger partial charge >= 0.3 is 0 Å². The minimum atomic E-state index is 0.0695. The first-order valence-electron chi connectivity index (χ1n) is 8.51. The molecule has 134 valence electrons. The summed E-state index contributed by atoms with van der Waals surface area (Å²) in [6.45, 7) is 2.70. The van der Waals surface area contributed by atoms with Crippen molar-refractivity contribution in [2.45, 2.75) is 19.4 Å². The smallest absolute Gasteiger partial charge is 0.170 e. The lowest BCUT2D eigenvalue weighted by molar-refractivity contribution is 0.524. The van der Waals surface area contributed by atoms with Gasteiger partial charge in [-0.05, 0) is 12.1 Å². The Morgan fingerprint density at radius 1 is 1.07 bits per heavy atom. The van der Waals surface area contributed by atoms with Crippen LogP contribution in [0.3, 0.4) is 0 Å². The van der Waals surface area contributed by atoms with Gasteiger partial charge in [0.1, 0.15) is 6.33 Å². The zero-order chi connectivity index (χ0) is 18.4. The van der Waals surface area contributed by atoms with E-state index in [-0.39, 0.29) is 5.92 Å². The summed E-state index contributed by atoms with van der Waals surface area (Å²) in [7, 11) is 0. The van der Waals surface area contributed by atoms with E-state index >= 15 is 0 Å². The maximum absolute atomic E-state index is 5.94. The van der Waals surface area contributed by atoms with Crippen molar-refractivity contribution in [1.29, 1.82) is 0 Å². The monoisotopic (exact) mass is 378 g/mol. The van der Waals surface area contributed by atoms with Crippen molar-refractivity contribution < 1.29 is 0 Å². The average Bonchev–Trinajstić information content (AvgIpc) is 3.39. The summed E-state index contributed by atoms with van der Waals surface area (Å²) in [5.74, 6) is 0.795. The maximum atomic E-state index is 5.94. The summed E-state index contributed by atoms with van der Waals surface area (Å²) in [6, 6.07) is 9.90. The van der Waals surface area contributed by atoms with Gasteiger partial charge < -0.3 is 0 Å². The second-order valence-corrected chi connectivity index (χ2v) is 6.83. The molecule has 1 aromatic carbocycles. The fraction of sp³-hybridized carbons (Fsp3) is 0.167. The van der Waals surface area contributed by atoms with Gasteiger partial charge in [-0.3, -0.25) is 4.68 Å². The first-order chi connectivity index (χ1) is 13.2. The molecular weight excluding hydrogens is 364 g/mol. The molecule has 0 saturated heterocycles. The van der Waals surface area contributed by atoms with Gasteiger partial charge in [-0.15, -0.1) is 5.10 Å². The molecule has 0 bridgehead atoms. The molecule has 8 nitrogen and oxygen atoms in total. The molecule has 0 spiro atoms. The Hall–Kier alpha value is -3.26. The van der Waals surface area contributed by atoms with E-state index in [9.17, 15) is 0 Å². The SMILES string of the molecule is C[C@@H](Cn1cc(Cl)cn1)c1nc2c3cnn(-c4ccccc4)c3ncn2n1. The van der Waals surface area contributed by atoms with Crippen LogP contribution in [0.15, 0.2) is 55.2 Å². The van der Waals surface area contributed by atoms with Gasteiger partial charge in [-0.25, -0.2) is 19.2 Å². The molecule has 1 atom stereocenters. The summed E-state index contributed by atoms with van der Waals surface area (Å²) >= 11 is 5.94. The first kappa shape index (κ1) is 16.0. The van der Waals surface area contributed by atoms with E-state index < -0.39 is 0 Å². The molecule has 27 heavy (non-hydrogen) atoms. The van der Waals surface area contributed by atoms with Crippen LogP contribution in [-0.4, -0.2) is 39.1 Å². The van der Waals surface area contributed by atoms with Crippen molar-refractivity contribution in [2.24, 2.45) is 0 Å². The van der Waals surface area contributed by atoms with E-state index in [0.29, 0.717) is 11.6 Å². The van der Waals surface area contributed by atoms with Crippen LogP contribution in [-0.2, 0) is 6.54 Å². The second kappa shape index (κ2) is 6.17. The normalized spacial score (nSPS) is 12.8. The van der Waals surface area contributed by atoms with Gasteiger partial charge in [-0.1, -0.05) is 36.7 Å². The number of nitrogens with zero attached hydrogens (tertiary/aromatic N) is 8. The van der Waals surface area contributed by atoms with E-state index in [2.05, 4.69) is 27.2 Å². The zero-order valence-corrected chi connectivity index (χ0v) is 15.2. The van der Waals surface area contributed by atoms with Crippen LogP contribution in [0.1, 0.15) is 18.7 Å². The third kappa shape index (κ3) is 2.74. The minimum absolute atomic E-state index is 0.0695. The second-order valence-electron chi connectivity index (χ2n) is 6.39. The fourth-order valence-corrected chi connectivity index (χ4v) is 3.26. The fourth-order valence-electron chi connectivity index (χ4n) is 3.10. The van der Waals surface area contributed by atoms with E-state index in [1.54, 1.807) is 38.8 Å². The van der Waals surface area contributed by atoms with Gasteiger partial charge in [-0.2, -0.15) is 10.2 Å². The van der Waals surface area contributed by atoms with Crippen molar-refractivity contribution >= 4 is 28.3 Å². The lowest BCUT2D eigenvalue weighted by atomic mass is 10.2. The number of fused-ring (bicyclic) bond motifs is 3. The van der Waals surface area contributed by atoms with Crippen LogP contribution in [0, 0.1) is 0 Å². The van der Waals surface area contributed by atoms with Crippen LogP contribution in [0.4, 0.5) is 0 Å². The number of hydrogen-bond acceptors (Lipinski definition) is 5. The lowest BCUT2D eigenvalue weighted by Gasteiger charge is -2.06. The van der Waals surface area contributed by atoms with Gasteiger partial charge in [0.25, 0.3) is 0 Å². The summed E-state index contributed by atoms with van der Waals surface area (Å²) in [4.78, 5) is 9.27. The third-order valence-corrected chi connectivity index (χ3v) is 4.62. The molecular formula is C18H15ClN8. The van der Waals surface area contributed by atoms with Crippen LogP contribution in [0.25, 0.3) is 22.4 Å². The highest BCUT2D eigenvalue weighted by Gasteiger charge is 2.17. The highest BCUT2D eigenvalue weighted by Crippen LogP contribution is 2.22. The van der Waals surface area contributed by atoms with Gasteiger partial charge in [0.2, 0.25) is 0 Å². The number of benzene rings is 1. The topological polar surface area (TPSA) is 78.7 Å². The zero-order valence-electron chi connectivity index (χ0n) is 14.4. The van der Waals surface area contributed by atoms with Crippen molar-refractivity contribution in [3.63, 3.8) is 0 Å². The maximum Gasteiger partial charge on any atom is 0.170 e. The molecule has 9 heteroatoms. The molecule has 0 saturated carbocycles. The molecule has 0 aliphatic rings. The Labute approximate surface area is 159 Å². The predicted octanol–water partition coefficient (Wildman–Crippen LogP) is 3.12. The minimum Gasteiger partial charge on any atom is -0.270 e. The molecule has 0 aliphatic carbocycles. The van der Waals surface area contributed by atoms with E-state index in [0.717, 1.165) is 28.2 Å². The molecule has 5 aromatic rings. The molecule has 0 radical (unpaired) electrons. The molecule has 0 N–H and O–H groups in total. The lowest BCUT2D eigenvalue weighted by Crippen LogP contribution is -2.08. The van der Waals surface area contributed by atoms with E-state index in [1.807, 2.05) is 30.3 Å². The van der Waals surface area contributed by atoms with Gasteiger partial charge in [0.15, 0.2) is 17.1 Å². The van der Waals surface area contributed by atoms with Crippen LogP contribution >= 0.6 is 11.6 Å². The molecule has 0 aliphatic heterocycles. The molecule has 0 amide bonds. The van der Waals surface area contributed by atoms with E-state index in [1.165, 1.54) is 0 Å². The summed E-state index contributed by atoms with van der Waals surface area (Å²) in [5.41, 5.74) is 2.44. The predicted molar refractivity (Wildman–Crippen MR) is 101 cm³/mol. The number of para-hydroxylation sites is 1. The van der Waals surface area contributed by atoms with E-state index in [4.69, 9.17) is 16.6 Å². The third-order valence-electron chi connectivity index (χ3n) is 4.43. The Balaban J connectivity index is 1.55. The molecule has 4 heterocycles. The Kier molecular flexibility index (Phi) is 3.64. The van der Waals surface area contributed by atoms with Crippen LogP contribution in [0.2, 0.25) is 5.02 Å². The van der Waals surface area contributed by atoms with Crippen LogP contribution in [0.5, 0.6) is 0 Å². The highest BCUT2D eigenvalue weighted by atomic mass is 35.5. The Morgan fingerprint density at radius 3 is 2.70 bits per heavy atom. The standard InChI is InChI=1S/C18H15ClN8/c1-12(9-25-10-13(19)7-21-25)16-23-18-15-8-22-27(14-5-3-2-4-6-14)17(15)20-11-26(18)24-16/h2-8,10-12H,9H2,1H3/t12-/m0/s1. The Bertz CT molecular complexity index is 1240. The number of aromatic nitrogens is 8. The Morgan fingerprint density at radius 2 is 1.93 bits per heavy atom. The van der Waals surface area contributed by atoms with Crippen molar-refractivity contribution in [3.8, 4) is 5.69 Å².